The lowest BCUT2D eigenvalue weighted by molar-refractivity contribution is 0.150. The second-order valence-electron chi connectivity index (χ2n) is 5.25. The highest BCUT2D eigenvalue weighted by atomic mass is 79.9. The van der Waals surface area contributed by atoms with Gasteiger partial charge in [-0.05, 0) is 52.9 Å². The molecule has 0 spiro atoms. The highest BCUT2D eigenvalue weighted by molar-refractivity contribution is 9.10. The third-order valence-corrected chi connectivity index (χ3v) is 4.26. The molecule has 3 nitrogen and oxygen atoms in total. The maximum atomic E-state index is 10.1. The van der Waals surface area contributed by atoms with Crippen molar-refractivity contribution < 1.29 is 14.6 Å². The molecule has 1 aliphatic carbocycles. The predicted octanol–water partition coefficient (Wildman–Crippen LogP) is 2.99. The summed E-state index contributed by atoms with van der Waals surface area (Å²) in [6.07, 6.45) is 3.41. The molecular formula is C14H17BrO3. The van der Waals surface area contributed by atoms with Gasteiger partial charge in [0.05, 0.1) is 23.3 Å². The predicted molar refractivity (Wildman–Crippen MR) is 72.4 cm³/mol. The molecule has 0 bridgehead atoms. The molecule has 98 valence electrons. The fourth-order valence-corrected chi connectivity index (χ4v) is 2.90. The zero-order valence-corrected chi connectivity index (χ0v) is 12.0. The highest BCUT2D eigenvalue weighted by Crippen LogP contribution is 2.45. The van der Waals surface area contributed by atoms with Gasteiger partial charge < -0.3 is 14.6 Å². The standard InChI is InChI=1S/C14H17BrO3/c1-9-10(8-14(16)3-4-14)7-11(15)13-12(9)17-5-2-6-18-13/h7,16H,2-6,8H2,1H3. The van der Waals surface area contributed by atoms with Gasteiger partial charge in [0, 0.05) is 12.8 Å². The van der Waals surface area contributed by atoms with Crippen molar-refractivity contribution in [3.05, 3.63) is 21.7 Å². The van der Waals surface area contributed by atoms with Crippen molar-refractivity contribution in [2.75, 3.05) is 13.2 Å². The van der Waals surface area contributed by atoms with Crippen LogP contribution >= 0.6 is 15.9 Å². The molecule has 1 heterocycles. The second-order valence-corrected chi connectivity index (χ2v) is 6.11. The molecule has 4 heteroatoms. The molecule has 1 saturated carbocycles. The van der Waals surface area contributed by atoms with Gasteiger partial charge in [0.2, 0.25) is 0 Å². The maximum absolute atomic E-state index is 10.1. The molecule has 1 aliphatic heterocycles. The van der Waals surface area contributed by atoms with Gasteiger partial charge >= 0.3 is 0 Å². The molecule has 0 amide bonds. The van der Waals surface area contributed by atoms with Crippen molar-refractivity contribution in [1.29, 1.82) is 0 Å². The third kappa shape index (κ3) is 2.24. The van der Waals surface area contributed by atoms with Crippen molar-refractivity contribution in [3.63, 3.8) is 0 Å². The number of halogens is 1. The van der Waals surface area contributed by atoms with Gasteiger partial charge in [0.15, 0.2) is 11.5 Å². The van der Waals surface area contributed by atoms with E-state index in [2.05, 4.69) is 22.0 Å². The number of hydrogen-bond donors (Lipinski definition) is 1. The molecule has 0 saturated heterocycles. The zero-order valence-electron chi connectivity index (χ0n) is 10.5. The maximum Gasteiger partial charge on any atom is 0.175 e. The Balaban J connectivity index is 2.01. The SMILES string of the molecule is Cc1c(CC2(O)CC2)cc(Br)c2c1OCCCO2. The zero-order chi connectivity index (χ0) is 12.8. The van der Waals surface area contributed by atoms with E-state index in [9.17, 15) is 5.11 Å². The number of benzene rings is 1. The molecule has 0 unspecified atom stereocenters. The van der Waals surface area contributed by atoms with E-state index >= 15 is 0 Å². The lowest BCUT2D eigenvalue weighted by Crippen LogP contribution is -2.12. The Hall–Kier alpha value is -0.740. The molecule has 0 atom stereocenters. The lowest BCUT2D eigenvalue weighted by atomic mass is 10.00. The Morgan fingerprint density at radius 3 is 2.61 bits per heavy atom. The largest absolute Gasteiger partial charge is 0.489 e. The van der Waals surface area contributed by atoms with E-state index in [0.29, 0.717) is 19.6 Å². The van der Waals surface area contributed by atoms with Crippen LogP contribution in [0.15, 0.2) is 10.5 Å². The molecular weight excluding hydrogens is 296 g/mol. The average Bonchev–Trinajstić information content (AvgIpc) is 3.08. The number of fused-ring (bicyclic) bond motifs is 1. The number of rotatable bonds is 2. The van der Waals surface area contributed by atoms with E-state index in [1.54, 1.807) is 0 Å². The van der Waals surface area contributed by atoms with Crippen LogP contribution in [0.1, 0.15) is 30.4 Å². The van der Waals surface area contributed by atoms with Crippen LogP contribution in [-0.4, -0.2) is 23.9 Å². The van der Waals surface area contributed by atoms with Crippen molar-refractivity contribution >= 4 is 15.9 Å². The second kappa shape index (κ2) is 4.42. The first-order valence-electron chi connectivity index (χ1n) is 6.39. The normalized spacial score (nSPS) is 20.4. The van der Waals surface area contributed by atoms with Crippen LogP contribution < -0.4 is 9.47 Å². The molecule has 1 aromatic carbocycles. The minimum Gasteiger partial charge on any atom is -0.489 e. The van der Waals surface area contributed by atoms with Crippen LogP contribution in [0.4, 0.5) is 0 Å². The van der Waals surface area contributed by atoms with Crippen LogP contribution in [0.3, 0.4) is 0 Å². The summed E-state index contributed by atoms with van der Waals surface area (Å²) in [5, 5.41) is 10.1. The quantitative estimate of drug-likeness (QED) is 0.912. The van der Waals surface area contributed by atoms with E-state index in [0.717, 1.165) is 46.4 Å². The van der Waals surface area contributed by atoms with Gasteiger partial charge in [-0.25, -0.2) is 0 Å². The molecule has 1 aromatic rings. The molecule has 0 radical (unpaired) electrons. The van der Waals surface area contributed by atoms with E-state index in [1.165, 1.54) is 0 Å². The van der Waals surface area contributed by atoms with E-state index in [4.69, 9.17) is 9.47 Å². The first kappa shape index (κ1) is 12.3. The smallest absolute Gasteiger partial charge is 0.175 e. The Bertz CT molecular complexity index is 480. The molecule has 0 aromatic heterocycles. The van der Waals surface area contributed by atoms with Crippen molar-refractivity contribution in [3.8, 4) is 11.5 Å². The van der Waals surface area contributed by atoms with Gasteiger partial charge in [-0.2, -0.15) is 0 Å². The van der Waals surface area contributed by atoms with Crippen LogP contribution in [0.5, 0.6) is 11.5 Å². The summed E-state index contributed by atoms with van der Waals surface area (Å²) in [7, 11) is 0. The monoisotopic (exact) mass is 312 g/mol. The van der Waals surface area contributed by atoms with Crippen molar-refractivity contribution in [1.82, 2.24) is 0 Å². The van der Waals surface area contributed by atoms with Gasteiger partial charge in [0.25, 0.3) is 0 Å². The van der Waals surface area contributed by atoms with Gasteiger partial charge in [0.1, 0.15) is 0 Å². The fraction of sp³-hybridized carbons (Fsp3) is 0.571. The van der Waals surface area contributed by atoms with Gasteiger partial charge in [-0.3, -0.25) is 0 Å². The van der Waals surface area contributed by atoms with Gasteiger partial charge in [-0.1, -0.05) is 0 Å². The number of aliphatic hydroxyl groups is 1. The fourth-order valence-electron chi connectivity index (χ4n) is 2.33. The Morgan fingerprint density at radius 1 is 1.28 bits per heavy atom. The summed E-state index contributed by atoms with van der Waals surface area (Å²) < 4.78 is 12.4. The van der Waals surface area contributed by atoms with Crippen LogP contribution in [0, 0.1) is 6.92 Å². The molecule has 18 heavy (non-hydrogen) atoms. The lowest BCUT2D eigenvalue weighted by Gasteiger charge is -2.17. The minimum atomic E-state index is -0.482. The van der Waals surface area contributed by atoms with Crippen LogP contribution in [0.25, 0.3) is 0 Å². The van der Waals surface area contributed by atoms with Crippen molar-refractivity contribution in [2.45, 2.75) is 38.2 Å². The molecule has 1 fully saturated rings. The molecule has 1 N–H and O–H groups in total. The average molecular weight is 313 g/mol. The summed E-state index contributed by atoms with van der Waals surface area (Å²) in [6.45, 7) is 3.42. The van der Waals surface area contributed by atoms with Crippen LogP contribution in [-0.2, 0) is 6.42 Å². The Kier molecular flexibility index (Phi) is 3.02. The summed E-state index contributed by atoms with van der Waals surface area (Å²) in [6, 6.07) is 2.05. The number of hydrogen-bond acceptors (Lipinski definition) is 3. The first-order chi connectivity index (χ1) is 8.59. The summed E-state index contributed by atoms with van der Waals surface area (Å²) in [4.78, 5) is 0. The van der Waals surface area contributed by atoms with E-state index in [1.807, 2.05) is 6.92 Å². The summed E-state index contributed by atoms with van der Waals surface area (Å²) >= 11 is 3.54. The van der Waals surface area contributed by atoms with Gasteiger partial charge in [-0.15, -0.1) is 0 Å². The summed E-state index contributed by atoms with van der Waals surface area (Å²) in [5.41, 5.74) is 1.76. The number of ether oxygens (including phenoxy) is 2. The first-order valence-corrected chi connectivity index (χ1v) is 7.18. The summed E-state index contributed by atoms with van der Waals surface area (Å²) in [5.74, 6) is 1.64. The van der Waals surface area contributed by atoms with E-state index in [-0.39, 0.29) is 0 Å². The molecule has 3 rings (SSSR count). The van der Waals surface area contributed by atoms with E-state index < -0.39 is 5.60 Å². The van der Waals surface area contributed by atoms with Crippen molar-refractivity contribution in [2.24, 2.45) is 0 Å². The topological polar surface area (TPSA) is 38.7 Å². The Labute approximate surface area is 115 Å². The minimum absolute atomic E-state index is 0.482. The Morgan fingerprint density at radius 2 is 1.94 bits per heavy atom. The highest BCUT2D eigenvalue weighted by Gasteiger charge is 2.41. The van der Waals surface area contributed by atoms with Crippen LogP contribution in [0.2, 0.25) is 0 Å². The third-order valence-electron chi connectivity index (χ3n) is 3.67. The molecule has 2 aliphatic rings.